The quantitative estimate of drug-likeness (QED) is 0.769. The van der Waals surface area contributed by atoms with Crippen LogP contribution >= 0.6 is 15.9 Å². The highest BCUT2D eigenvalue weighted by atomic mass is 79.9. The van der Waals surface area contributed by atoms with Crippen LogP contribution in [0.2, 0.25) is 0 Å². The molecule has 1 saturated heterocycles. The Morgan fingerprint density at radius 1 is 1.47 bits per heavy atom. The molecule has 100 valence electrons. The van der Waals surface area contributed by atoms with Crippen molar-refractivity contribution in [2.45, 2.75) is 0 Å². The van der Waals surface area contributed by atoms with E-state index < -0.39 is 24.6 Å². The summed E-state index contributed by atoms with van der Waals surface area (Å²) in [7, 11) is 0. The van der Waals surface area contributed by atoms with Gasteiger partial charge in [-0.2, -0.15) is 0 Å². The Balaban J connectivity index is 1.90. The van der Waals surface area contributed by atoms with Crippen LogP contribution in [0.5, 0.6) is 0 Å². The molecule has 0 N–H and O–H groups in total. The first kappa shape index (κ1) is 13.5. The van der Waals surface area contributed by atoms with E-state index in [-0.39, 0.29) is 18.7 Å². The number of imide groups is 1. The van der Waals surface area contributed by atoms with Crippen LogP contribution in [-0.4, -0.2) is 47.6 Å². The van der Waals surface area contributed by atoms with E-state index in [4.69, 9.17) is 4.74 Å². The fraction of sp³-hybridized carbons (Fsp3) is 0.273. The molecule has 0 spiro atoms. The number of aromatic nitrogens is 1. The Bertz CT molecular complexity index is 534. The van der Waals surface area contributed by atoms with Crippen LogP contribution in [-0.2, 0) is 14.3 Å². The van der Waals surface area contributed by atoms with Crippen LogP contribution in [0.25, 0.3) is 0 Å². The first-order valence-corrected chi connectivity index (χ1v) is 6.12. The summed E-state index contributed by atoms with van der Waals surface area (Å²) in [5, 5.41) is 0. The van der Waals surface area contributed by atoms with E-state index in [0.29, 0.717) is 4.47 Å². The normalized spacial score (nSPS) is 14.2. The zero-order chi connectivity index (χ0) is 13.8. The molecule has 0 saturated carbocycles. The van der Waals surface area contributed by atoms with Crippen molar-refractivity contribution >= 4 is 33.9 Å². The summed E-state index contributed by atoms with van der Waals surface area (Å²) in [6.45, 7) is -0.178. The number of halogens is 1. The van der Waals surface area contributed by atoms with E-state index in [0.717, 1.165) is 4.90 Å². The van der Waals surface area contributed by atoms with Gasteiger partial charge in [-0.3, -0.25) is 9.78 Å². The number of esters is 1. The monoisotopic (exact) mass is 328 g/mol. The van der Waals surface area contributed by atoms with E-state index in [9.17, 15) is 14.4 Å². The summed E-state index contributed by atoms with van der Waals surface area (Å²) in [5.74, 6) is -1.30. The molecule has 0 radical (unpaired) electrons. The minimum absolute atomic E-state index is 0.161. The Kier molecular flexibility index (Phi) is 4.10. The molecule has 7 nitrogen and oxygen atoms in total. The molecule has 0 atom stereocenters. The van der Waals surface area contributed by atoms with Crippen LogP contribution in [0.1, 0.15) is 10.4 Å². The molecule has 0 aliphatic carbocycles. The zero-order valence-corrected chi connectivity index (χ0v) is 11.3. The van der Waals surface area contributed by atoms with Gasteiger partial charge in [0.2, 0.25) is 0 Å². The van der Waals surface area contributed by atoms with Gasteiger partial charge in [0.15, 0.2) is 6.61 Å². The molecule has 0 bridgehead atoms. The topological polar surface area (TPSA) is 85.8 Å². The van der Waals surface area contributed by atoms with Crippen LogP contribution in [0.3, 0.4) is 0 Å². The summed E-state index contributed by atoms with van der Waals surface area (Å²) in [4.78, 5) is 39.0. The number of rotatable bonds is 3. The van der Waals surface area contributed by atoms with Gasteiger partial charge in [0.05, 0.1) is 12.1 Å². The highest BCUT2D eigenvalue weighted by Gasteiger charge is 2.29. The van der Waals surface area contributed by atoms with Crippen LogP contribution in [0.4, 0.5) is 4.79 Å². The van der Waals surface area contributed by atoms with Crippen LogP contribution in [0.15, 0.2) is 22.9 Å². The maximum absolute atomic E-state index is 11.6. The van der Waals surface area contributed by atoms with Crippen LogP contribution in [0, 0.1) is 0 Å². The van der Waals surface area contributed by atoms with E-state index >= 15 is 0 Å². The molecule has 2 heterocycles. The average molecular weight is 329 g/mol. The van der Waals surface area contributed by atoms with Crippen molar-refractivity contribution in [3.8, 4) is 0 Å². The molecule has 1 aliphatic heterocycles. The maximum atomic E-state index is 11.6. The third-order valence-electron chi connectivity index (χ3n) is 2.33. The van der Waals surface area contributed by atoms with Gasteiger partial charge in [-0.1, -0.05) is 0 Å². The number of cyclic esters (lactones) is 1. The second kappa shape index (κ2) is 5.79. The Labute approximate surface area is 116 Å². The number of nitrogens with zero attached hydrogens (tertiary/aromatic N) is 2. The lowest BCUT2D eigenvalue weighted by molar-refractivity contribution is -0.131. The molecular formula is C11H9BrN2O5. The van der Waals surface area contributed by atoms with Gasteiger partial charge < -0.3 is 9.47 Å². The van der Waals surface area contributed by atoms with Crippen molar-refractivity contribution in [3.63, 3.8) is 0 Å². The zero-order valence-electron chi connectivity index (χ0n) is 9.67. The smallest absolute Gasteiger partial charge is 0.416 e. The molecule has 2 amide bonds. The molecule has 0 aromatic carbocycles. The van der Waals surface area contributed by atoms with Gasteiger partial charge in [-0.05, 0) is 22.0 Å². The summed E-state index contributed by atoms with van der Waals surface area (Å²) in [6, 6.07) is 1.52. The second-order valence-electron chi connectivity index (χ2n) is 3.63. The Hall–Kier alpha value is -1.96. The lowest BCUT2D eigenvalue weighted by atomic mass is 10.3. The molecule has 1 fully saturated rings. The summed E-state index contributed by atoms with van der Waals surface area (Å²) < 4.78 is 10.0. The largest absolute Gasteiger partial charge is 0.452 e. The molecule has 1 aromatic rings. The molecule has 1 aromatic heterocycles. The maximum Gasteiger partial charge on any atom is 0.416 e. The van der Waals surface area contributed by atoms with Crippen molar-refractivity contribution in [2.24, 2.45) is 0 Å². The van der Waals surface area contributed by atoms with Crippen molar-refractivity contribution in [1.82, 2.24) is 9.88 Å². The van der Waals surface area contributed by atoms with Crippen LogP contribution < -0.4 is 0 Å². The molecule has 19 heavy (non-hydrogen) atoms. The standard InChI is InChI=1S/C11H9BrN2O5/c12-8-3-7(4-13-5-8)10(16)19-6-9(15)14-1-2-18-11(14)17/h3-5H,1-2,6H2. The minimum atomic E-state index is -0.717. The Morgan fingerprint density at radius 3 is 2.89 bits per heavy atom. The fourth-order valence-corrected chi connectivity index (χ4v) is 1.80. The number of pyridine rings is 1. The predicted octanol–water partition coefficient (Wildman–Crippen LogP) is 0.980. The SMILES string of the molecule is O=C(OCC(=O)N1CCOC1=O)c1cncc(Br)c1. The number of carbonyl (C=O) groups excluding carboxylic acids is 3. The lowest BCUT2D eigenvalue weighted by Gasteiger charge is -2.10. The van der Waals surface area contributed by atoms with Gasteiger partial charge in [-0.25, -0.2) is 14.5 Å². The van der Waals surface area contributed by atoms with Gasteiger partial charge in [-0.15, -0.1) is 0 Å². The molecule has 2 rings (SSSR count). The van der Waals surface area contributed by atoms with Crippen molar-refractivity contribution in [2.75, 3.05) is 19.8 Å². The molecule has 0 unspecified atom stereocenters. The number of amides is 2. The second-order valence-corrected chi connectivity index (χ2v) is 4.54. The summed E-state index contributed by atoms with van der Waals surface area (Å²) in [5.41, 5.74) is 0.214. The van der Waals surface area contributed by atoms with E-state index in [2.05, 4.69) is 25.7 Å². The highest BCUT2D eigenvalue weighted by Crippen LogP contribution is 2.11. The average Bonchev–Trinajstić information content (AvgIpc) is 2.82. The summed E-state index contributed by atoms with van der Waals surface area (Å²) in [6.07, 6.45) is 2.12. The number of ether oxygens (including phenoxy) is 2. The van der Waals surface area contributed by atoms with Gasteiger partial charge >= 0.3 is 12.1 Å². The van der Waals surface area contributed by atoms with Gasteiger partial charge in [0.25, 0.3) is 5.91 Å². The van der Waals surface area contributed by atoms with Gasteiger partial charge in [0.1, 0.15) is 6.61 Å². The van der Waals surface area contributed by atoms with Crippen molar-refractivity contribution in [3.05, 3.63) is 28.5 Å². The molecular weight excluding hydrogens is 320 g/mol. The fourth-order valence-electron chi connectivity index (χ4n) is 1.43. The number of hydrogen-bond donors (Lipinski definition) is 0. The first-order valence-electron chi connectivity index (χ1n) is 5.33. The molecule has 1 aliphatic rings. The third-order valence-corrected chi connectivity index (χ3v) is 2.76. The van der Waals surface area contributed by atoms with E-state index in [1.54, 1.807) is 0 Å². The van der Waals surface area contributed by atoms with E-state index in [1.807, 2.05) is 0 Å². The lowest BCUT2D eigenvalue weighted by Crippen LogP contribution is -2.35. The summed E-state index contributed by atoms with van der Waals surface area (Å²) >= 11 is 3.17. The predicted molar refractivity (Wildman–Crippen MR) is 65.3 cm³/mol. The van der Waals surface area contributed by atoms with E-state index in [1.165, 1.54) is 18.5 Å². The Morgan fingerprint density at radius 2 is 2.26 bits per heavy atom. The number of carbonyl (C=O) groups is 3. The van der Waals surface area contributed by atoms with Crippen molar-refractivity contribution in [1.29, 1.82) is 0 Å². The number of hydrogen-bond acceptors (Lipinski definition) is 6. The first-order chi connectivity index (χ1) is 9.08. The molecule has 8 heteroatoms. The van der Waals surface area contributed by atoms with Gasteiger partial charge in [0, 0.05) is 16.9 Å². The highest BCUT2D eigenvalue weighted by molar-refractivity contribution is 9.10. The third kappa shape index (κ3) is 3.28. The van der Waals surface area contributed by atoms with Crippen molar-refractivity contribution < 1.29 is 23.9 Å². The minimum Gasteiger partial charge on any atom is -0.452 e.